The number of pyridine rings is 1. The predicted octanol–water partition coefficient (Wildman–Crippen LogP) is 3.09. The monoisotopic (exact) mass is 515 g/mol. The predicted molar refractivity (Wildman–Crippen MR) is 130 cm³/mol. The number of halogens is 3. The molecule has 1 aliphatic heterocycles. The van der Waals surface area contributed by atoms with E-state index in [1.165, 1.54) is 6.33 Å². The molecule has 196 valence electrons. The normalized spacial score (nSPS) is 18.9. The summed E-state index contributed by atoms with van der Waals surface area (Å²) in [5, 5.41) is 13.4. The van der Waals surface area contributed by atoms with E-state index in [1.54, 1.807) is 29.1 Å². The lowest BCUT2D eigenvalue weighted by Crippen LogP contribution is -2.40. The number of imidazole rings is 1. The molecule has 1 saturated carbocycles. The van der Waals surface area contributed by atoms with Gasteiger partial charge in [0.1, 0.15) is 23.9 Å². The van der Waals surface area contributed by atoms with Crippen LogP contribution in [0.15, 0.2) is 36.9 Å². The molecule has 13 heteroatoms. The van der Waals surface area contributed by atoms with Crippen molar-refractivity contribution >= 4 is 17.4 Å². The topological polar surface area (TPSA) is 129 Å². The minimum Gasteiger partial charge on any atom is -0.330 e. The Morgan fingerprint density at radius 1 is 1.32 bits per heavy atom. The molecule has 0 radical (unpaired) electrons. The maximum absolute atomic E-state index is 13.5. The molecule has 1 amide bonds. The van der Waals surface area contributed by atoms with Crippen LogP contribution in [0.5, 0.6) is 0 Å². The Bertz CT molecular complexity index is 1310. The van der Waals surface area contributed by atoms with Crippen LogP contribution in [0.4, 0.5) is 19.0 Å². The quantitative estimate of drug-likeness (QED) is 0.421. The smallest absolute Gasteiger partial charge is 0.330 e. The zero-order chi connectivity index (χ0) is 26.2. The van der Waals surface area contributed by atoms with Crippen LogP contribution in [-0.4, -0.2) is 54.5 Å². The van der Waals surface area contributed by atoms with Crippen molar-refractivity contribution in [2.24, 2.45) is 11.7 Å². The van der Waals surface area contributed by atoms with Gasteiger partial charge >= 0.3 is 6.18 Å². The minimum atomic E-state index is -4.45. The second kappa shape index (κ2) is 10.1. The van der Waals surface area contributed by atoms with Crippen LogP contribution in [0.1, 0.15) is 49.7 Å². The van der Waals surface area contributed by atoms with E-state index in [2.05, 4.69) is 30.8 Å². The highest BCUT2D eigenvalue weighted by Gasteiger charge is 2.45. The van der Waals surface area contributed by atoms with Crippen LogP contribution < -0.4 is 16.4 Å². The first-order chi connectivity index (χ1) is 17.8. The molecule has 3 aromatic heterocycles. The van der Waals surface area contributed by atoms with Crippen molar-refractivity contribution in [3.05, 3.63) is 48.3 Å². The molecular weight excluding hydrogens is 487 g/mol. The fraction of sp³-hybridized carbons (Fsp3) is 0.458. The summed E-state index contributed by atoms with van der Waals surface area (Å²) in [6.07, 6.45) is 2.82. The first-order valence-electron chi connectivity index (χ1n) is 12.2. The number of nitrogens with zero attached hydrogens (tertiary/aromatic N) is 6. The number of carbonyl (C=O) groups excluding carboxylic acids is 1. The number of carbonyl (C=O) groups is 1. The summed E-state index contributed by atoms with van der Waals surface area (Å²) >= 11 is 0. The molecule has 1 aliphatic carbocycles. The van der Waals surface area contributed by atoms with Crippen molar-refractivity contribution in [2.75, 3.05) is 18.4 Å². The molecule has 4 N–H and O–H groups in total. The summed E-state index contributed by atoms with van der Waals surface area (Å²) < 4.78 is 44.1. The van der Waals surface area contributed by atoms with Gasteiger partial charge < -0.3 is 25.5 Å². The Hall–Kier alpha value is -3.58. The average Bonchev–Trinajstić information content (AvgIpc) is 3.44. The summed E-state index contributed by atoms with van der Waals surface area (Å²) in [5.41, 5.74) is 7.56. The van der Waals surface area contributed by atoms with Gasteiger partial charge in [0, 0.05) is 49.3 Å². The number of amides is 1. The lowest BCUT2D eigenvalue weighted by molar-refractivity contribution is -0.159. The molecule has 4 heterocycles. The Kier molecular flexibility index (Phi) is 6.82. The van der Waals surface area contributed by atoms with E-state index in [0.29, 0.717) is 41.2 Å². The van der Waals surface area contributed by atoms with Gasteiger partial charge in [0.15, 0.2) is 5.82 Å². The van der Waals surface area contributed by atoms with Gasteiger partial charge in [-0.15, -0.1) is 10.2 Å². The van der Waals surface area contributed by atoms with Gasteiger partial charge in [0.05, 0.1) is 12.0 Å². The molecule has 37 heavy (non-hydrogen) atoms. The maximum atomic E-state index is 13.5. The Morgan fingerprint density at radius 2 is 2.14 bits per heavy atom. The van der Waals surface area contributed by atoms with E-state index < -0.39 is 12.2 Å². The van der Waals surface area contributed by atoms with Gasteiger partial charge in [-0.3, -0.25) is 4.79 Å². The van der Waals surface area contributed by atoms with E-state index in [1.807, 2.05) is 17.6 Å². The summed E-state index contributed by atoms with van der Waals surface area (Å²) in [6, 6.07) is 3.84. The maximum Gasteiger partial charge on any atom is 0.409 e. The van der Waals surface area contributed by atoms with Crippen LogP contribution in [0.3, 0.4) is 0 Å². The number of hydrogen-bond acceptors (Lipinski definition) is 7. The van der Waals surface area contributed by atoms with Crippen LogP contribution >= 0.6 is 0 Å². The fourth-order valence-corrected chi connectivity index (χ4v) is 4.53. The summed E-state index contributed by atoms with van der Waals surface area (Å²) in [5.74, 6) is 0.488. The Morgan fingerprint density at radius 3 is 2.86 bits per heavy atom. The summed E-state index contributed by atoms with van der Waals surface area (Å²) in [7, 11) is 0. The van der Waals surface area contributed by atoms with Crippen molar-refractivity contribution in [2.45, 2.75) is 50.9 Å². The van der Waals surface area contributed by atoms with E-state index in [9.17, 15) is 18.0 Å². The lowest BCUT2D eigenvalue weighted by atomic mass is 10.0. The van der Waals surface area contributed by atoms with Gasteiger partial charge in [0.25, 0.3) is 0 Å². The second-order valence-electron chi connectivity index (χ2n) is 9.34. The first-order valence-corrected chi connectivity index (χ1v) is 12.2. The molecule has 0 aromatic carbocycles. The zero-order valence-electron chi connectivity index (χ0n) is 20.2. The van der Waals surface area contributed by atoms with Crippen molar-refractivity contribution in [3.63, 3.8) is 0 Å². The van der Waals surface area contributed by atoms with Crippen LogP contribution in [0.2, 0.25) is 0 Å². The summed E-state index contributed by atoms with van der Waals surface area (Å²) in [4.78, 5) is 21.4. The molecular formula is C24H28F3N9O. The second-order valence-corrected chi connectivity index (χ2v) is 9.34. The molecule has 0 spiro atoms. The SMILES string of the molecule is CC(CN)C(=CCC(=O)Nc1cccc(-c2nncn2C2CC2)n1)n1cnc2c1CCNC2C(F)(F)F. The van der Waals surface area contributed by atoms with Crippen molar-refractivity contribution in [1.29, 1.82) is 0 Å². The number of hydrogen-bond donors (Lipinski definition) is 3. The van der Waals surface area contributed by atoms with E-state index in [4.69, 9.17) is 5.73 Å². The molecule has 0 bridgehead atoms. The third-order valence-corrected chi connectivity index (χ3v) is 6.60. The standard InChI is InChI=1S/C24H28F3N9O/c1-14(11-28)17(36-12-30-21-18(36)9-10-29-22(21)24(25,26)27)7-8-20(37)33-19-4-2-3-16(32-19)23-34-31-13-35(23)15-5-6-15/h2-4,7,12-15,22,29H,5-6,8-11,28H2,1H3,(H,32,33,37). The molecule has 2 atom stereocenters. The van der Waals surface area contributed by atoms with Gasteiger partial charge in [-0.2, -0.15) is 13.2 Å². The van der Waals surface area contributed by atoms with Gasteiger partial charge in [-0.05, 0) is 25.0 Å². The third kappa shape index (κ3) is 5.27. The average molecular weight is 516 g/mol. The highest BCUT2D eigenvalue weighted by molar-refractivity contribution is 5.91. The summed E-state index contributed by atoms with van der Waals surface area (Å²) in [6.45, 7) is 2.29. The molecule has 5 rings (SSSR count). The first kappa shape index (κ1) is 25.1. The highest BCUT2D eigenvalue weighted by atomic mass is 19.4. The number of nitrogens with two attached hydrogens (primary N) is 1. The van der Waals surface area contributed by atoms with Crippen molar-refractivity contribution in [1.82, 2.24) is 34.6 Å². The van der Waals surface area contributed by atoms with Crippen molar-refractivity contribution in [3.8, 4) is 11.5 Å². The van der Waals surface area contributed by atoms with Gasteiger partial charge in [-0.1, -0.05) is 19.1 Å². The Balaban J connectivity index is 1.34. The molecule has 10 nitrogen and oxygen atoms in total. The van der Waals surface area contributed by atoms with Crippen molar-refractivity contribution < 1.29 is 18.0 Å². The Labute approximate surface area is 211 Å². The largest absolute Gasteiger partial charge is 0.409 e. The molecule has 2 unspecified atom stereocenters. The van der Waals surface area contributed by atoms with Crippen LogP contribution in [0, 0.1) is 5.92 Å². The fourth-order valence-electron chi connectivity index (χ4n) is 4.53. The molecule has 3 aromatic rings. The number of alkyl halides is 3. The van der Waals surface area contributed by atoms with E-state index >= 15 is 0 Å². The van der Waals surface area contributed by atoms with E-state index in [0.717, 1.165) is 12.8 Å². The number of anilines is 1. The zero-order valence-corrected chi connectivity index (χ0v) is 20.2. The number of fused-ring (bicyclic) bond motifs is 1. The lowest BCUT2D eigenvalue weighted by Gasteiger charge is -2.27. The van der Waals surface area contributed by atoms with Crippen LogP contribution in [-0.2, 0) is 11.2 Å². The molecule has 0 saturated heterocycles. The number of nitrogens with one attached hydrogen (secondary N) is 2. The third-order valence-electron chi connectivity index (χ3n) is 6.60. The van der Waals surface area contributed by atoms with Gasteiger partial charge in [-0.25, -0.2) is 9.97 Å². The van der Waals surface area contributed by atoms with E-state index in [-0.39, 0.29) is 37.0 Å². The minimum absolute atomic E-state index is 0.0161. The van der Waals surface area contributed by atoms with Crippen LogP contribution in [0.25, 0.3) is 17.2 Å². The number of aromatic nitrogens is 6. The van der Waals surface area contributed by atoms with Gasteiger partial charge in [0.2, 0.25) is 5.91 Å². The molecule has 2 aliphatic rings. The highest BCUT2D eigenvalue weighted by Crippen LogP contribution is 2.38. The number of rotatable bonds is 8. The molecule has 1 fully saturated rings.